The zero-order valence-corrected chi connectivity index (χ0v) is 12.8. The predicted octanol–water partition coefficient (Wildman–Crippen LogP) is 1.60. The van der Waals surface area contributed by atoms with E-state index in [1.807, 2.05) is 13.2 Å². The minimum Gasteiger partial charge on any atom is -0.393 e. The molecule has 0 heterocycles. The minimum atomic E-state index is -3.69. The summed E-state index contributed by atoms with van der Waals surface area (Å²) in [6, 6.07) is 3.36. The molecule has 9 heteroatoms. The number of nitro groups is 1. The lowest BCUT2D eigenvalue weighted by atomic mass is 10.3. The van der Waals surface area contributed by atoms with Gasteiger partial charge in [-0.3, -0.25) is 10.1 Å². The Labute approximate surface area is 122 Å². The van der Waals surface area contributed by atoms with Crippen molar-refractivity contribution in [1.29, 1.82) is 0 Å². The average Bonchev–Trinajstić information content (AvgIpc) is 2.37. The van der Waals surface area contributed by atoms with Crippen molar-refractivity contribution in [3.63, 3.8) is 0 Å². The monoisotopic (exact) mass is 319 g/mol. The van der Waals surface area contributed by atoms with Gasteiger partial charge in [0.25, 0.3) is 5.69 Å². The Balaban J connectivity index is 2.83. The van der Waals surface area contributed by atoms with Gasteiger partial charge in [-0.15, -0.1) is 0 Å². The number of benzene rings is 1. The molecule has 0 aliphatic heterocycles. The van der Waals surface area contributed by atoms with Gasteiger partial charge in [-0.05, 0) is 24.8 Å². The maximum atomic E-state index is 12.0. The van der Waals surface area contributed by atoms with Crippen LogP contribution in [0.4, 0.5) is 11.4 Å². The topological polar surface area (TPSA) is 115 Å². The SMILES string of the molecule is CSC(C)CCNS(=O)(=O)c1ccc([N+](=O)[O-])c(N)c1. The molecule has 0 aliphatic rings. The maximum Gasteiger partial charge on any atom is 0.292 e. The molecule has 0 spiro atoms. The third-order valence-electron chi connectivity index (χ3n) is 2.75. The molecule has 0 saturated heterocycles. The van der Waals surface area contributed by atoms with Crippen LogP contribution in [0.5, 0.6) is 0 Å². The number of hydrogen-bond donors (Lipinski definition) is 2. The normalized spacial score (nSPS) is 13.1. The fourth-order valence-electron chi connectivity index (χ4n) is 1.46. The maximum absolute atomic E-state index is 12.0. The number of nitrogens with one attached hydrogen (secondary N) is 1. The van der Waals surface area contributed by atoms with E-state index in [-0.39, 0.29) is 16.3 Å². The van der Waals surface area contributed by atoms with Gasteiger partial charge in [0.1, 0.15) is 5.69 Å². The second-order valence-electron chi connectivity index (χ2n) is 4.21. The Morgan fingerprint density at radius 3 is 2.65 bits per heavy atom. The summed E-state index contributed by atoms with van der Waals surface area (Å²) in [7, 11) is -3.69. The molecular formula is C11H17N3O4S2. The zero-order valence-electron chi connectivity index (χ0n) is 11.2. The van der Waals surface area contributed by atoms with Crippen LogP contribution in [-0.4, -0.2) is 31.4 Å². The summed E-state index contributed by atoms with van der Waals surface area (Å²) in [6.45, 7) is 2.31. The summed E-state index contributed by atoms with van der Waals surface area (Å²) < 4.78 is 26.4. The first-order valence-electron chi connectivity index (χ1n) is 5.84. The van der Waals surface area contributed by atoms with Crippen molar-refractivity contribution in [3.05, 3.63) is 28.3 Å². The summed E-state index contributed by atoms with van der Waals surface area (Å²) in [5, 5.41) is 11.0. The lowest BCUT2D eigenvalue weighted by molar-refractivity contribution is -0.383. The van der Waals surface area contributed by atoms with Crippen LogP contribution in [0.15, 0.2) is 23.1 Å². The average molecular weight is 319 g/mol. The predicted molar refractivity (Wildman–Crippen MR) is 80.3 cm³/mol. The molecule has 1 rings (SSSR count). The summed E-state index contributed by atoms with van der Waals surface area (Å²) in [5.41, 5.74) is 5.00. The van der Waals surface area contributed by atoms with Crippen molar-refractivity contribution in [2.45, 2.75) is 23.5 Å². The first kappa shape index (κ1) is 16.7. The highest BCUT2D eigenvalue weighted by Gasteiger charge is 2.18. The molecule has 0 amide bonds. The highest BCUT2D eigenvalue weighted by Crippen LogP contribution is 2.24. The van der Waals surface area contributed by atoms with Crippen LogP contribution in [0.25, 0.3) is 0 Å². The van der Waals surface area contributed by atoms with E-state index in [1.54, 1.807) is 11.8 Å². The lowest BCUT2D eigenvalue weighted by Crippen LogP contribution is -2.26. The van der Waals surface area contributed by atoms with Gasteiger partial charge in [0.05, 0.1) is 9.82 Å². The summed E-state index contributed by atoms with van der Waals surface area (Å²) >= 11 is 1.65. The molecule has 0 fully saturated rings. The summed E-state index contributed by atoms with van der Waals surface area (Å²) in [5.74, 6) is 0. The number of thioether (sulfide) groups is 1. The third-order valence-corrected chi connectivity index (χ3v) is 5.25. The lowest BCUT2D eigenvalue weighted by Gasteiger charge is -2.10. The molecule has 0 aliphatic carbocycles. The van der Waals surface area contributed by atoms with Crippen LogP contribution in [0.2, 0.25) is 0 Å². The van der Waals surface area contributed by atoms with Gasteiger partial charge in [0.2, 0.25) is 10.0 Å². The van der Waals surface area contributed by atoms with Gasteiger partial charge in [-0.2, -0.15) is 11.8 Å². The largest absolute Gasteiger partial charge is 0.393 e. The third kappa shape index (κ3) is 4.36. The number of nitrogen functional groups attached to an aromatic ring is 1. The minimum absolute atomic E-state index is 0.0718. The molecule has 1 aromatic rings. The number of rotatable bonds is 7. The molecular weight excluding hydrogens is 302 g/mol. The highest BCUT2D eigenvalue weighted by molar-refractivity contribution is 7.99. The van der Waals surface area contributed by atoms with E-state index < -0.39 is 14.9 Å². The number of hydrogen-bond acceptors (Lipinski definition) is 6. The highest BCUT2D eigenvalue weighted by atomic mass is 32.2. The van der Waals surface area contributed by atoms with Crippen LogP contribution < -0.4 is 10.5 Å². The second-order valence-corrected chi connectivity index (χ2v) is 7.25. The van der Waals surface area contributed by atoms with E-state index in [0.29, 0.717) is 18.2 Å². The van der Waals surface area contributed by atoms with Gasteiger partial charge in [0, 0.05) is 17.9 Å². The number of anilines is 1. The van der Waals surface area contributed by atoms with Crippen LogP contribution in [0.1, 0.15) is 13.3 Å². The van der Waals surface area contributed by atoms with Crippen LogP contribution in [0.3, 0.4) is 0 Å². The van der Waals surface area contributed by atoms with E-state index in [1.165, 1.54) is 6.07 Å². The number of nitrogens with zero attached hydrogens (tertiary/aromatic N) is 1. The quantitative estimate of drug-likeness (QED) is 0.448. The Kier molecular flexibility index (Phi) is 5.78. The van der Waals surface area contributed by atoms with Gasteiger partial charge < -0.3 is 5.73 Å². The molecule has 1 atom stereocenters. The van der Waals surface area contributed by atoms with Crippen molar-refractivity contribution in [3.8, 4) is 0 Å². The first-order valence-corrected chi connectivity index (χ1v) is 8.61. The molecule has 0 bridgehead atoms. The number of nitrogens with two attached hydrogens (primary N) is 1. The van der Waals surface area contributed by atoms with Crippen molar-refractivity contribution < 1.29 is 13.3 Å². The van der Waals surface area contributed by atoms with Crippen molar-refractivity contribution in [1.82, 2.24) is 4.72 Å². The summed E-state index contributed by atoms with van der Waals surface area (Å²) in [6.07, 6.45) is 2.65. The molecule has 3 N–H and O–H groups in total. The van der Waals surface area contributed by atoms with Crippen LogP contribution in [-0.2, 0) is 10.0 Å². The number of sulfonamides is 1. The fraction of sp³-hybridized carbons (Fsp3) is 0.455. The number of nitro benzene ring substituents is 1. The van der Waals surface area contributed by atoms with Gasteiger partial charge in [0.15, 0.2) is 0 Å². The molecule has 112 valence electrons. The van der Waals surface area contributed by atoms with Crippen molar-refractivity contribution in [2.24, 2.45) is 0 Å². The van der Waals surface area contributed by atoms with E-state index in [2.05, 4.69) is 4.72 Å². The standard InChI is InChI=1S/C11H17N3O4S2/c1-8(19-2)5-6-13-20(17,18)9-3-4-11(14(15)16)10(12)7-9/h3-4,7-8,13H,5-6,12H2,1-2H3. The molecule has 0 radical (unpaired) electrons. The molecule has 0 aromatic heterocycles. The Morgan fingerprint density at radius 2 is 2.15 bits per heavy atom. The zero-order chi connectivity index (χ0) is 15.3. The first-order chi connectivity index (χ1) is 9.27. The molecule has 0 saturated carbocycles. The van der Waals surface area contributed by atoms with Gasteiger partial charge >= 0.3 is 0 Å². The van der Waals surface area contributed by atoms with Crippen molar-refractivity contribution in [2.75, 3.05) is 18.5 Å². The van der Waals surface area contributed by atoms with E-state index in [0.717, 1.165) is 12.1 Å². The Hall–Kier alpha value is -1.32. The van der Waals surface area contributed by atoms with Gasteiger partial charge in [-0.25, -0.2) is 13.1 Å². The molecule has 1 aromatic carbocycles. The van der Waals surface area contributed by atoms with E-state index >= 15 is 0 Å². The Bertz CT molecular complexity index is 589. The van der Waals surface area contributed by atoms with Crippen molar-refractivity contribution >= 4 is 33.2 Å². The van der Waals surface area contributed by atoms with Gasteiger partial charge in [-0.1, -0.05) is 6.92 Å². The van der Waals surface area contributed by atoms with Crippen LogP contribution in [0, 0.1) is 10.1 Å². The smallest absolute Gasteiger partial charge is 0.292 e. The molecule has 20 heavy (non-hydrogen) atoms. The molecule has 7 nitrogen and oxygen atoms in total. The molecule has 1 unspecified atom stereocenters. The Morgan fingerprint density at radius 1 is 1.50 bits per heavy atom. The fourth-order valence-corrected chi connectivity index (χ4v) is 2.90. The van der Waals surface area contributed by atoms with E-state index in [9.17, 15) is 18.5 Å². The van der Waals surface area contributed by atoms with Crippen LogP contribution >= 0.6 is 11.8 Å². The summed E-state index contributed by atoms with van der Waals surface area (Å²) in [4.78, 5) is 9.90. The second kappa shape index (κ2) is 6.91. The van der Waals surface area contributed by atoms with E-state index in [4.69, 9.17) is 5.73 Å².